The molecule has 0 aromatic rings. The molecule has 1 fully saturated rings. The Hall–Kier alpha value is -1.26. The van der Waals surface area contributed by atoms with Crippen molar-refractivity contribution in [3.8, 4) is 0 Å². The highest BCUT2D eigenvalue weighted by Crippen LogP contribution is 2.12. The first-order valence-corrected chi connectivity index (χ1v) is 5.25. The minimum absolute atomic E-state index is 0.0457. The summed E-state index contributed by atoms with van der Waals surface area (Å²) in [5.74, 6) is -0.0457. The van der Waals surface area contributed by atoms with Crippen LogP contribution in [0.5, 0.6) is 0 Å². The summed E-state index contributed by atoms with van der Waals surface area (Å²) in [6.07, 6.45) is 3.29. The number of ether oxygens (including phenoxy) is 1. The third-order valence-electron chi connectivity index (χ3n) is 2.27. The first-order chi connectivity index (χ1) is 7.34. The molecule has 0 spiro atoms. The smallest absolute Gasteiger partial charge is 0.249 e. The Labute approximate surface area is 88.6 Å². The first-order valence-electron chi connectivity index (χ1n) is 5.25. The molecular weight excluding hydrogens is 196 g/mol. The van der Waals surface area contributed by atoms with Crippen LogP contribution < -0.4 is 5.32 Å². The van der Waals surface area contributed by atoms with Crippen LogP contribution in [0, 0.1) is 0 Å². The maximum absolute atomic E-state index is 11.5. The first kappa shape index (κ1) is 11.8. The van der Waals surface area contributed by atoms with E-state index in [0.29, 0.717) is 26.1 Å². The third kappa shape index (κ3) is 4.67. The molecule has 0 radical (unpaired) electrons. The fraction of sp³-hybridized carbons (Fsp3) is 0.889. The predicted octanol–water partition coefficient (Wildman–Crippen LogP) is 1.37. The Morgan fingerprint density at radius 3 is 3.13 bits per heavy atom. The summed E-state index contributed by atoms with van der Waals surface area (Å²) in [7, 11) is 0. The van der Waals surface area contributed by atoms with Crippen LogP contribution in [-0.2, 0) is 9.53 Å². The van der Waals surface area contributed by atoms with Crippen molar-refractivity contribution in [1.29, 1.82) is 0 Å². The highest BCUT2D eigenvalue weighted by atomic mass is 16.5. The van der Waals surface area contributed by atoms with Crippen molar-refractivity contribution in [2.45, 2.75) is 31.8 Å². The standard InChI is InChI=1S/C9H16N4O2/c10-13-12-6-3-5-11-9(14)8-4-1-2-7-15-8/h8H,1-7H2,(H,11,14). The maximum Gasteiger partial charge on any atom is 0.249 e. The Morgan fingerprint density at radius 2 is 2.47 bits per heavy atom. The molecule has 1 atom stereocenters. The number of hydrogen-bond donors (Lipinski definition) is 1. The zero-order chi connectivity index (χ0) is 10.9. The number of amides is 1. The van der Waals surface area contributed by atoms with E-state index in [-0.39, 0.29) is 12.0 Å². The van der Waals surface area contributed by atoms with Crippen LogP contribution >= 0.6 is 0 Å². The van der Waals surface area contributed by atoms with Gasteiger partial charge in [-0.1, -0.05) is 5.11 Å². The van der Waals surface area contributed by atoms with Crippen molar-refractivity contribution >= 4 is 5.91 Å². The monoisotopic (exact) mass is 212 g/mol. The number of carbonyl (C=O) groups excluding carboxylic acids is 1. The van der Waals surface area contributed by atoms with E-state index < -0.39 is 0 Å². The fourth-order valence-electron chi connectivity index (χ4n) is 1.47. The van der Waals surface area contributed by atoms with Crippen molar-refractivity contribution in [1.82, 2.24) is 5.32 Å². The summed E-state index contributed by atoms with van der Waals surface area (Å²) in [5, 5.41) is 6.14. The van der Waals surface area contributed by atoms with Gasteiger partial charge in [-0.3, -0.25) is 4.79 Å². The topological polar surface area (TPSA) is 87.1 Å². The minimum atomic E-state index is -0.279. The zero-order valence-electron chi connectivity index (χ0n) is 8.69. The summed E-state index contributed by atoms with van der Waals surface area (Å²) in [4.78, 5) is 14.1. The van der Waals surface area contributed by atoms with Crippen LogP contribution in [0.2, 0.25) is 0 Å². The van der Waals surface area contributed by atoms with E-state index in [1.54, 1.807) is 0 Å². The quantitative estimate of drug-likeness (QED) is 0.323. The van der Waals surface area contributed by atoms with Gasteiger partial charge < -0.3 is 10.1 Å². The van der Waals surface area contributed by atoms with Crippen LogP contribution in [0.15, 0.2) is 5.11 Å². The lowest BCUT2D eigenvalue weighted by Gasteiger charge is -2.21. The molecule has 6 heteroatoms. The second-order valence-corrected chi connectivity index (χ2v) is 3.45. The summed E-state index contributed by atoms with van der Waals surface area (Å²) in [5.41, 5.74) is 8.03. The lowest BCUT2D eigenvalue weighted by atomic mass is 10.1. The van der Waals surface area contributed by atoms with Crippen molar-refractivity contribution < 1.29 is 9.53 Å². The SMILES string of the molecule is [N-]=[N+]=NCCCNC(=O)C1CCCCO1. The molecule has 84 valence electrons. The molecule has 6 nitrogen and oxygen atoms in total. The number of rotatable bonds is 5. The minimum Gasteiger partial charge on any atom is -0.368 e. The van der Waals surface area contributed by atoms with Crippen LogP contribution in [0.1, 0.15) is 25.7 Å². The van der Waals surface area contributed by atoms with Gasteiger partial charge in [-0.15, -0.1) is 0 Å². The Balaban J connectivity index is 2.09. The molecule has 0 aromatic heterocycles. The van der Waals surface area contributed by atoms with Gasteiger partial charge in [-0.05, 0) is 31.2 Å². The number of nitrogens with one attached hydrogen (secondary N) is 1. The van der Waals surface area contributed by atoms with Gasteiger partial charge >= 0.3 is 0 Å². The molecule has 1 N–H and O–H groups in total. The lowest BCUT2D eigenvalue weighted by molar-refractivity contribution is -0.135. The van der Waals surface area contributed by atoms with E-state index in [1.807, 2.05) is 0 Å². The molecule has 0 aliphatic carbocycles. The fourth-order valence-corrected chi connectivity index (χ4v) is 1.47. The highest BCUT2D eigenvalue weighted by molar-refractivity contribution is 5.80. The van der Waals surface area contributed by atoms with Crippen molar-refractivity contribution in [2.75, 3.05) is 19.7 Å². The molecule has 0 saturated carbocycles. The molecule has 15 heavy (non-hydrogen) atoms. The van der Waals surface area contributed by atoms with Crippen LogP contribution in [-0.4, -0.2) is 31.7 Å². The Morgan fingerprint density at radius 1 is 1.60 bits per heavy atom. The third-order valence-corrected chi connectivity index (χ3v) is 2.27. The van der Waals surface area contributed by atoms with Gasteiger partial charge in [-0.25, -0.2) is 0 Å². The molecule has 0 aromatic carbocycles. The van der Waals surface area contributed by atoms with Gasteiger partial charge in [0.15, 0.2) is 0 Å². The number of nitrogens with zero attached hydrogens (tertiary/aromatic N) is 3. The molecule has 1 unspecified atom stereocenters. The normalized spacial score (nSPS) is 20.4. The molecule has 1 heterocycles. The maximum atomic E-state index is 11.5. The molecule has 1 aliphatic rings. The van der Waals surface area contributed by atoms with E-state index in [2.05, 4.69) is 15.3 Å². The van der Waals surface area contributed by atoms with Gasteiger partial charge in [0.05, 0.1) is 0 Å². The summed E-state index contributed by atoms with van der Waals surface area (Å²) in [6.45, 7) is 1.64. The van der Waals surface area contributed by atoms with E-state index in [0.717, 1.165) is 19.3 Å². The van der Waals surface area contributed by atoms with Gasteiger partial charge in [0.25, 0.3) is 0 Å². The second-order valence-electron chi connectivity index (χ2n) is 3.45. The zero-order valence-corrected chi connectivity index (χ0v) is 8.69. The van der Waals surface area contributed by atoms with E-state index in [4.69, 9.17) is 10.3 Å². The number of carbonyl (C=O) groups is 1. The average Bonchev–Trinajstić information content (AvgIpc) is 2.30. The predicted molar refractivity (Wildman–Crippen MR) is 55.2 cm³/mol. The number of azide groups is 1. The highest BCUT2D eigenvalue weighted by Gasteiger charge is 2.20. The molecule has 0 bridgehead atoms. The van der Waals surface area contributed by atoms with Crippen molar-refractivity contribution in [2.24, 2.45) is 5.11 Å². The van der Waals surface area contributed by atoms with Crippen LogP contribution in [0.4, 0.5) is 0 Å². The summed E-state index contributed by atoms with van der Waals surface area (Å²) in [6, 6.07) is 0. The summed E-state index contributed by atoms with van der Waals surface area (Å²) < 4.78 is 5.32. The van der Waals surface area contributed by atoms with Crippen molar-refractivity contribution in [3.05, 3.63) is 10.4 Å². The van der Waals surface area contributed by atoms with Gasteiger partial charge in [0.1, 0.15) is 6.10 Å². The van der Waals surface area contributed by atoms with Crippen LogP contribution in [0.25, 0.3) is 10.4 Å². The average molecular weight is 212 g/mol. The summed E-state index contributed by atoms with van der Waals surface area (Å²) >= 11 is 0. The van der Waals surface area contributed by atoms with E-state index in [1.165, 1.54) is 0 Å². The lowest BCUT2D eigenvalue weighted by Crippen LogP contribution is -2.38. The molecule has 1 aliphatic heterocycles. The van der Waals surface area contributed by atoms with Crippen molar-refractivity contribution in [3.63, 3.8) is 0 Å². The molecule has 1 amide bonds. The van der Waals surface area contributed by atoms with E-state index in [9.17, 15) is 4.79 Å². The molecular formula is C9H16N4O2. The Kier molecular flexibility index (Phi) is 5.58. The largest absolute Gasteiger partial charge is 0.368 e. The van der Waals surface area contributed by atoms with Gasteiger partial charge in [0, 0.05) is 24.6 Å². The van der Waals surface area contributed by atoms with Gasteiger partial charge in [0.2, 0.25) is 5.91 Å². The van der Waals surface area contributed by atoms with Crippen LogP contribution in [0.3, 0.4) is 0 Å². The van der Waals surface area contributed by atoms with E-state index >= 15 is 0 Å². The second kappa shape index (κ2) is 7.09. The number of hydrogen-bond acceptors (Lipinski definition) is 3. The van der Waals surface area contributed by atoms with Gasteiger partial charge in [-0.2, -0.15) is 0 Å². The Bertz CT molecular complexity index is 244. The molecule has 1 rings (SSSR count). The molecule has 1 saturated heterocycles.